The van der Waals surface area contributed by atoms with Crippen molar-refractivity contribution < 1.29 is 19.1 Å². The van der Waals surface area contributed by atoms with Gasteiger partial charge >= 0.3 is 5.97 Å². The fourth-order valence-electron chi connectivity index (χ4n) is 2.08. The number of carbonyl (C=O) groups is 1. The summed E-state index contributed by atoms with van der Waals surface area (Å²) in [6.07, 6.45) is 1.87. The van der Waals surface area contributed by atoms with Crippen molar-refractivity contribution in [3.05, 3.63) is 41.8 Å². The lowest BCUT2D eigenvalue weighted by atomic mass is 10.1. The molecule has 0 saturated heterocycles. The van der Waals surface area contributed by atoms with E-state index in [4.69, 9.17) is 14.3 Å². The Morgan fingerprint density at radius 2 is 2.00 bits per heavy atom. The number of unbranched alkanes of at least 4 members (excludes halogenated alkanes) is 1. The van der Waals surface area contributed by atoms with Crippen molar-refractivity contribution in [2.45, 2.75) is 45.6 Å². The van der Waals surface area contributed by atoms with Gasteiger partial charge in [0, 0.05) is 18.6 Å². The number of ether oxygens (including phenoxy) is 1. The first-order valence-corrected chi connectivity index (χ1v) is 8.25. The van der Waals surface area contributed by atoms with E-state index in [-0.39, 0.29) is 0 Å². The van der Waals surface area contributed by atoms with Gasteiger partial charge < -0.3 is 14.3 Å². The van der Waals surface area contributed by atoms with E-state index in [9.17, 15) is 4.79 Å². The Morgan fingerprint density at radius 3 is 2.68 bits per heavy atom. The molecule has 0 saturated carbocycles. The number of nitrogens with zero attached hydrogens (tertiary/aromatic N) is 1. The maximum absolute atomic E-state index is 10.9. The van der Waals surface area contributed by atoms with Crippen LogP contribution in [0, 0.1) is 18.8 Å². The van der Waals surface area contributed by atoms with Crippen LogP contribution in [0.1, 0.15) is 38.1 Å². The summed E-state index contributed by atoms with van der Waals surface area (Å²) in [5.74, 6) is 6.57. The van der Waals surface area contributed by atoms with E-state index in [0.717, 1.165) is 17.0 Å². The van der Waals surface area contributed by atoms with Crippen LogP contribution in [0.15, 0.2) is 34.7 Å². The Balaban J connectivity index is 1.80. The third kappa shape index (κ3) is 5.47. The van der Waals surface area contributed by atoms with Crippen molar-refractivity contribution in [1.82, 2.24) is 4.98 Å². The smallest absolute Gasteiger partial charge is 0.335 e. The van der Waals surface area contributed by atoms with Gasteiger partial charge in [-0.05, 0) is 39.3 Å². The fraction of sp³-hybridized carbons (Fsp3) is 0.400. The highest BCUT2D eigenvalue weighted by Crippen LogP contribution is 2.21. The van der Waals surface area contributed by atoms with Gasteiger partial charge in [-0.25, -0.2) is 9.78 Å². The molecule has 0 atom stereocenters. The third-order valence-corrected chi connectivity index (χ3v) is 3.72. The number of benzene rings is 1. The van der Waals surface area contributed by atoms with E-state index in [0.29, 0.717) is 31.8 Å². The second kappa shape index (κ2) is 8.50. The van der Waals surface area contributed by atoms with Crippen LogP contribution in [0.25, 0.3) is 11.5 Å². The zero-order chi connectivity index (χ0) is 18.3. The summed E-state index contributed by atoms with van der Waals surface area (Å²) in [6.45, 7) is 5.34. The summed E-state index contributed by atoms with van der Waals surface area (Å²) < 4.78 is 11.0. The van der Waals surface area contributed by atoms with Crippen LogP contribution in [-0.4, -0.2) is 28.3 Å². The zero-order valence-corrected chi connectivity index (χ0v) is 14.8. The van der Waals surface area contributed by atoms with Gasteiger partial charge in [0.25, 0.3) is 0 Å². The van der Waals surface area contributed by atoms with Crippen LogP contribution < -0.4 is 0 Å². The molecule has 0 spiro atoms. The minimum atomic E-state index is -1.15. The lowest BCUT2D eigenvalue weighted by Gasteiger charge is -2.19. The van der Waals surface area contributed by atoms with Crippen molar-refractivity contribution in [3.8, 4) is 23.3 Å². The number of hydrogen-bond donors (Lipinski definition) is 1. The molecule has 0 fully saturated rings. The van der Waals surface area contributed by atoms with Crippen molar-refractivity contribution in [1.29, 1.82) is 0 Å². The normalized spacial score (nSPS) is 11.0. The number of rotatable bonds is 7. The van der Waals surface area contributed by atoms with E-state index in [2.05, 4.69) is 16.8 Å². The molecule has 2 rings (SSSR count). The first-order valence-electron chi connectivity index (χ1n) is 8.25. The molecule has 1 N–H and O–H groups in total. The summed E-state index contributed by atoms with van der Waals surface area (Å²) in [7, 11) is 0. The molecule has 1 aromatic carbocycles. The second-order valence-electron chi connectivity index (χ2n) is 6.19. The molecule has 0 radical (unpaired) electrons. The average molecular weight is 341 g/mol. The van der Waals surface area contributed by atoms with Crippen LogP contribution in [-0.2, 0) is 16.0 Å². The molecule has 0 amide bonds. The number of hydrogen-bond acceptors (Lipinski definition) is 4. The van der Waals surface area contributed by atoms with Crippen molar-refractivity contribution in [3.63, 3.8) is 0 Å². The highest BCUT2D eigenvalue weighted by atomic mass is 16.5. The molecule has 2 aromatic rings. The molecule has 0 aliphatic heterocycles. The number of aryl methyl sites for hydroxylation is 1. The highest BCUT2D eigenvalue weighted by molar-refractivity contribution is 5.76. The third-order valence-electron chi connectivity index (χ3n) is 3.72. The predicted molar refractivity (Wildman–Crippen MR) is 95.1 cm³/mol. The Hall–Kier alpha value is -2.58. The van der Waals surface area contributed by atoms with Crippen LogP contribution in [0.2, 0.25) is 0 Å². The molecule has 5 heteroatoms. The van der Waals surface area contributed by atoms with Gasteiger partial charge in [-0.3, -0.25) is 0 Å². The van der Waals surface area contributed by atoms with Crippen LogP contribution in [0.3, 0.4) is 0 Å². The molecule has 1 aromatic heterocycles. The van der Waals surface area contributed by atoms with Crippen LogP contribution in [0.4, 0.5) is 0 Å². The lowest BCUT2D eigenvalue weighted by molar-refractivity contribution is -0.161. The first-order chi connectivity index (χ1) is 11.9. The van der Waals surface area contributed by atoms with Crippen LogP contribution >= 0.6 is 0 Å². The number of carboxylic acid groups (broad SMARTS) is 1. The van der Waals surface area contributed by atoms with Crippen LogP contribution in [0.5, 0.6) is 0 Å². The number of aromatic nitrogens is 1. The monoisotopic (exact) mass is 341 g/mol. The Kier molecular flexibility index (Phi) is 6.37. The molecule has 0 aliphatic rings. The van der Waals surface area contributed by atoms with Gasteiger partial charge in [0.15, 0.2) is 5.60 Å². The van der Waals surface area contributed by atoms with E-state index in [1.165, 1.54) is 0 Å². The molecule has 0 unspecified atom stereocenters. The van der Waals surface area contributed by atoms with Gasteiger partial charge in [0.1, 0.15) is 5.76 Å². The number of oxazole rings is 1. The molecular weight excluding hydrogens is 318 g/mol. The average Bonchev–Trinajstić information content (AvgIpc) is 2.95. The minimum absolute atomic E-state index is 0.370. The molecular formula is C20H23NO4. The topological polar surface area (TPSA) is 72.6 Å². The molecule has 25 heavy (non-hydrogen) atoms. The van der Waals surface area contributed by atoms with E-state index >= 15 is 0 Å². The maximum Gasteiger partial charge on any atom is 0.335 e. The van der Waals surface area contributed by atoms with Crippen molar-refractivity contribution in [2.75, 3.05) is 6.61 Å². The van der Waals surface area contributed by atoms with E-state index in [1.807, 2.05) is 37.3 Å². The minimum Gasteiger partial charge on any atom is -0.479 e. The van der Waals surface area contributed by atoms with Gasteiger partial charge in [-0.1, -0.05) is 24.1 Å². The summed E-state index contributed by atoms with van der Waals surface area (Å²) in [6, 6.07) is 9.76. The molecule has 1 heterocycles. The quantitative estimate of drug-likeness (QED) is 0.611. The summed E-state index contributed by atoms with van der Waals surface area (Å²) >= 11 is 0. The Bertz CT molecular complexity index is 766. The zero-order valence-electron chi connectivity index (χ0n) is 14.8. The highest BCUT2D eigenvalue weighted by Gasteiger charge is 2.27. The van der Waals surface area contributed by atoms with Gasteiger partial charge in [0.05, 0.1) is 12.1 Å². The van der Waals surface area contributed by atoms with E-state index in [1.54, 1.807) is 13.8 Å². The van der Waals surface area contributed by atoms with E-state index < -0.39 is 11.6 Å². The number of carboxylic acids is 1. The maximum atomic E-state index is 10.9. The van der Waals surface area contributed by atoms with Crippen molar-refractivity contribution >= 4 is 5.97 Å². The largest absolute Gasteiger partial charge is 0.479 e. The molecule has 132 valence electrons. The lowest BCUT2D eigenvalue weighted by Crippen LogP contribution is -2.34. The molecule has 5 nitrogen and oxygen atoms in total. The second-order valence-corrected chi connectivity index (χ2v) is 6.19. The first kappa shape index (κ1) is 18.8. The summed E-state index contributed by atoms with van der Waals surface area (Å²) in [4.78, 5) is 15.4. The Morgan fingerprint density at radius 1 is 1.28 bits per heavy atom. The van der Waals surface area contributed by atoms with Crippen molar-refractivity contribution in [2.24, 2.45) is 0 Å². The molecule has 0 bridgehead atoms. The van der Waals surface area contributed by atoms with Gasteiger partial charge in [-0.2, -0.15) is 0 Å². The van der Waals surface area contributed by atoms with Gasteiger partial charge in [0.2, 0.25) is 5.89 Å². The predicted octanol–water partition coefficient (Wildman–Crippen LogP) is 3.86. The van der Waals surface area contributed by atoms with Gasteiger partial charge in [-0.15, -0.1) is 5.92 Å². The fourth-order valence-corrected chi connectivity index (χ4v) is 2.08. The SMILES string of the molecule is Cc1oc(-c2ccccc2)nc1CC#CCCCOC(C)(C)C(=O)O. The Labute approximate surface area is 148 Å². The standard InChI is InChI=1S/C20H23NO4/c1-15-17(21-18(25-15)16-11-7-6-8-12-16)13-9-4-5-10-14-24-20(2,3)19(22)23/h6-8,11-12H,5,10,13-14H2,1-3H3,(H,22,23). The molecule has 0 aliphatic carbocycles. The number of aliphatic carboxylic acids is 1. The summed E-state index contributed by atoms with van der Waals surface area (Å²) in [5, 5.41) is 8.95. The summed E-state index contributed by atoms with van der Waals surface area (Å²) in [5.41, 5.74) is 0.636.